The molecule has 0 aromatic heterocycles. The van der Waals surface area contributed by atoms with Crippen molar-refractivity contribution in [1.82, 2.24) is 0 Å². The average molecular weight is 359 g/mol. The molecule has 0 bridgehead atoms. The van der Waals surface area contributed by atoms with Gasteiger partial charge in [0.15, 0.2) is 14.6 Å². The van der Waals surface area contributed by atoms with Gasteiger partial charge in [-0.1, -0.05) is 34.6 Å². The van der Waals surface area contributed by atoms with E-state index in [1.165, 1.54) is 0 Å². The summed E-state index contributed by atoms with van der Waals surface area (Å²) in [5.74, 6) is -0.0164. The molecule has 142 valence electrons. The Morgan fingerprint density at radius 3 is 2.25 bits per heavy atom. The van der Waals surface area contributed by atoms with Crippen molar-refractivity contribution >= 4 is 14.6 Å². The maximum absolute atomic E-state index is 11.5. The molecule has 0 aromatic carbocycles. The smallest absolute Gasteiger partial charge is 0.192 e. The molecule has 0 radical (unpaired) electrons. The molecule has 1 saturated heterocycles. The van der Waals surface area contributed by atoms with Crippen LogP contribution in [0.3, 0.4) is 0 Å². The number of rotatable bonds is 8. The lowest BCUT2D eigenvalue weighted by Gasteiger charge is -2.43. The van der Waals surface area contributed by atoms with E-state index in [0.29, 0.717) is 0 Å². The molecular weight excluding hydrogens is 320 g/mol. The van der Waals surface area contributed by atoms with Gasteiger partial charge in [-0.3, -0.25) is 0 Å². The number of hydrogen-bond acceptors (Lipinski definition) is 4. The molecule has 4 nitrogen and oxygen atoms in total. The van der Waals surface area contributed by atoms with E-state index in [-0.39, 0.29) is 35.4 Å². The van der Waals surface area contributed by atoms with Gasteiger partial charge in [0.05, 0.1) is 12.2 Å². The van der Waals surface area contributed by atoms with Gasteiger partial charge in [0.25, 0.3) is 0 Å². The van der Waals surface area contributed by atoms with Crippen LogP contribution in [0.5, 0.6) is 0 Å². The maximum Gasteiger partial charge on any atom is 0.192 e. The third kappa shape index (κ3) is 5.94. The van der Waals surface area contributed by atoms with Crippen molar-refractivity contribution in [1.29, 1.82) is 0 Å². The first-order valence-electron chi connectivity index (χ1n) is 9.39. The van der Waals surface area contributed by atoms with Crippen molar-refractivity contribution in [2.75, 3.05) is 6.61 Å². The SMILES string of the molecule is C[C@H]([C@H](O[Si](C)(C)C(C)(C)C)[C@@H](C)C=O)[C@H](C)OC1CCCCO1. The topological polar surface area (TPSA) is 44.8 Å². The fourth-order valence-corrected chi connectivity index (χ4v) is 4.20. The molecule has 0 spiro atoms. The number of hydrogen-bond donors (Lipinski definition) is 0. The minimum atomic E-state index is -1.95. The Hall–Kier alpha value is -0.233. The molecule has 1 unspecified atom stereocenters. The van der Waals surface area contributed by atoms with Gasteiger partial charge in [0.2, 0.25) is 0 Å². The largest absolute Gasteiger partial charge is 0.413 e. The molecule has 0 aromatic rings. The van der Waals surface area contributed by atoms with Crippen LogP contribution in [0.2, 0.25) is 18.1 Å². The summed E-state index contributed by atoms with van der Waals surface area (Å²) in [6.07, 6.45) is 3.99. The van der Waals surface area contributed by atoms with E-state index in [1.807, 2.05) is 6.92 Å². The summed E-state index contributed by atoms with van der Waals surface area (Å²) in [6, 6.07) is 0. The zero-order chi connectivity index (χ0) is 18.5. The fraction of sp³-hybridized carbons (Fsp3) is 0.947. The zero-order valence-corrected chi connectivity index (χ0v) is 17.9. The van der Waals surface area contributed by atoms with E-state index in [4.69, 9.17) is 13.9 Å². The number of ether oxygens (including phenoxy) is 2. The molecule has 1 rings (SSSR count). The average Bonchev–Trinajstić information content (AvgIpc) is 2.51. The van der Waals surface area contributed by atoms with Crippen molar-refractivity contribution in [3.63, 3.8) is 0 Å². The van der Waals surface area contributed by atoms with E-state index in [9.17, 15) is 4.79 Å². The minimum Gasteiger partial charge on any atom is -0.413 e. The molecule has 1 aliphatic heterocycles. The molecule has 5 atom stereocenters. The highest BCUT2D eigenvalue weighted by molar-refractivity contribution is 6.74. The van der Waals surface area contributed by atoms with E-state index in [0.717, 1.165) is 32.2 Å². The van der Waals surface area contributed by atoms with Gasteiger partial charge >= 0.3 is 0 Å². The normalized spacial score (nSPS) is 24.9. The third-order valence-electron chi connectivity index (χ3n) is 5.73. The predicted molar refractivity (Wildman–Crippen MR) is 101 cm³/mol. The summed E-state index contributed by atoms with van der Waals surface area (Å²) in [7, 11) is -1.95. The summed E-state index contributed by atoms with van der Waals surface area (Å²) in [6.45, 7) is 18.1. The van der Waals surface area contributed by atoms with Crippen molar-refractivity contribution in [2.45, 2.75) is 97.4 Å². The second-order valence-corrected chi connectivity index (χ2v) is 13.6. The van der Waals surface area contributed by atoms with Gasteiger partial charge in [-0.05, 0) is 44.3 Å². The van der Waals surface area contributed by atoms with Crippen LogP contribution in [0.4, 0.5) is 0 Å². The molecule has 1 fully saturated rings. The summed E-state index contributed by atoms with van der Waals surface area (Å²) >= 11 is 0. The Morgan fingerprint density at radius 1 is 1.17 bits per heavy atom. The first-order valence-corrected chi connectivity index (χ1v) is 12.3. The van der Waals surface area contributed by atoms with E-state index in [1.54, 1.807) is 0 Å². The van der Waals surface area contributed by atoms with Crippen molar-refractivity contribution < 1.29 is 18.7 Å². The lowest BCUT2D eigenvalue weighted by molar-refractivity contribution is -0.200. The van der Waals surface area contributed by atoms with Crippen LogP contribution in [0.1, 0.15) is 60.8 Å². The lowest BCUT2D eigenvalue weighted by atomic mass is 9.90. The van der Waals surface area contributed by atoms with Crippen molar-refractivity contribution in [3.05, 3.63) is 0 Å². The summed E-state index contributed by atoms with van der Waals surface area (Å²) < 4.78 is 18.4. The number of carbonyl (C=O) groups is 1. The molecule has 0 amide bonds. The van der Waals surface area contributed by atoms with Gasteiger partial charge in [-0.2, -0.15) is 0 Å². The third-order valence-corrected chi connectivity index (χ3v) is 10.2. The van der Waals surface area contributed by atoms with Crippen LogP contribution in [0.15, 0.2) is 0 Å². The van der Waals surface area contributed by atoms with Gasteiger partial charge < -0.3 is 18.7 Å². The van der Waals surface area contributed by atoms with E-state index >= 15 is 0 Å². The molecule has 24 heavy (non-hydrogen) atoms. The monoisotopic (exact) mass is 358 g/mol. The predicted octanol–water partition coefficient (Wildman–Crippen LogP) is 4.78. The Balaban J connectivity index is 2.80. The molecule has 0 aliphatic carbocycles. The highest BCUT2D eigenvalue weighted by Gasteiger charge is 2.42. The number of carbonyl (C=O) groups excluding carboxylic acids is 1. The molecule has 5 heteroatoms. The highest BCUT2D eigenvalue weighted by Crippen LogP contribution is 2.39. The fourth-order valence-electron chi connectivity index (χ4n) is 2.74. The Bertz CT molecular complexity index is 385. The van der Waals surface area contributed by atoms with Crippen LogP contribution >= 0.6 is 0 Å². The van der Waals surface area contributed by atoms with Crippen LogP contribution in [0, 0.1) is 11.8 Å². The van der Waals surface area contributed by atoms with Gasteiger partial charge in [-0.25, -0.2) is 0 Å². The lowest BCUT2D eigenvalue weighted by Crippen LogP contribution is -2.49. The van der Waals surface area contributed by atoms with Gasteiger partial charge in [0.1, 0.15) is 6.29 Å². The summed E-state index contributed by atoms with van der Waals surface area (Å²) in [5.41, 5.74) is 0. The van der Waals surface area contributed by atoms with Crippen LogP contribution in [0.25, 0.3) is 0 Å². The molecular formula is C19H38O4Si. The van der Waals surface area contributed by atoms with Gasteiger partial charge in [0, 0.05) is 18.4 Å². The van der Waals surface area contributed by atoms with Crippen molar-refractivity contribution in [3.8, 4) is 0 Å². The standard InChI is InChI=1S/C19H38O4Si/c1-14(13-20)18(23-24(7,8)19(4,5)6)15(2)16(3)22-17-11-9-10-12-21-17/h13-18H,9-12H2,1-8H3/t14-,15-,16-,17?,18+/m0/s1. The Morgan fingerprint density at radius 2 is 1.79 bits per heavy atom. The van der Waals surface area contributed by atoms with Crippen LogP contribution in [-0.4, -0.2) is 39.7 Å². The highest BCUT2D eigenvalue weighted by atomic mass is 28.4. The number of aldehydes is 1. The zero-order valence-electron chi connectivity index (χ0n) is 16.9. The van der Waals surface area contributed by atoms with Crippen LogP contribution in [-0.2, 0) is 18.7 Å². The van der Waals surface area contributed by atoms with E-state index in [2.05, 4.69) is 47.7 Å². The van der Waals surface area contributed by atoms with Crippen molar-refractivity contribution in [2.24, 2.45) is 11.8 Å². The maximum atomic E-state index is 11.5. The first-order chi connectivity index (χ1) is 11.0. The Kier molecular flexibility index (Phi) is 8.11. The molecule has 1 aliphatic rings. The summed E-state index contributed by atoms with van der Waals surface area (Å²) in [4.78, 5) is 11.5. The summed E-state index contributed by atoms with van der Waals surface area (Å²) in [5, 5.41) is 0.115. The quantitative estimate of drug-likeness (QED) is 0.463. The second kappa shape index (κ2) is 8.92. The van der Waals surface area contributed by atoms with Crippen LogP contribution < -0.4 is 0 Å². The minimum absolute atomic E-state index is 0.00901. The van der Waals surface area contributed by atoms with Gasteiger partial charge in [-0.15, -0.1) is 0 Å². The molecule has 1 heterocycles. The van der Waals surface area contributed by atoms with E-state index < -0.39 is 8.32 Å². The molecule has 0 saturated carbocycles. The first kappa shape index (κ1) is 21.8. The Labute approximate surface area is 149 Å². The molecule has 0 N–H and O–H groups in total. The second-order valence-electron chi connectivity index (χ2n) is 8.83.